The van der Waals surface area contributed by atoms with Gasteiger partial charge in [-0.1, -0.05) is 91.0 Å². The van der Waals surface area contributed by atoms with Crippen molar-refractivity contribution < 1.29 is 9.53 Å². The molecule has 0 aliphatic rings. The number of aromatic nitrogens is 1. The summed E-state index contributed by atoms with van der Waals surface area (Å²) in [5, 5.41) is 1.04. The SMILES string of the molecule is CC(C)(C)OC(=O)n1cc(C(/C=C/c2ccccc2)c2ccccc2)c2ccccc21. The van der Waals surface area contributed by atoms with Crippen molar-refractivity contribution in [1.29, 1.82) is 0 Å². The molecule has 0 amide bonds. The van der Waals surface area contributed by atoms with Gasteiger partial charge in [-0.05, 0) is 43.5 Å². The summed E-state index contributed by atoms with van der Waals surface area (Å²) in [6.45, 7) is 5.65. The van der Waals surface area contributed by atoms with Crippen LogP contribution >= 0.6 is 0 Å². The Bertz CT molecular complexity index is 1200. The van der Waals surface area contributed by atoms with E-state index in [9.17, 15) is 4.79 Å². The summed E-state index contributed by atoms with van der Waals surface area (Å²) in [6, 6.07) is 28.6. The van der Waals surface area contributed by atoms with Crippen molar-refractivity contribution in [3.63, 3.8) is 0 Å². The number of carbonyl (C=O) groups is 1. The largest absolute Gasteiger partial charge is 0.443 e. The third kappa shape index (κ3) is 4.77. The third-order valence-electron chi connectivity index (χ3n) is 5.11. The Balaban J connectivity index is 1.84. The highest BCUT2D eigenvalue weighted by Gasteiger charge is 2.23. The molecule has 0 aliphatic heterocycles. The first-order chi connectivity index (χ1) is 14.9. The van der Waals surface area contributed by atoms with Crippen LogP contribution in [0.1, 0.15) is 43.4 Å². The summed E-state index contributed by atoms with van der Waals surface area (Å²) in [5.74, 6) is -0.00464. The number of allylic oxidation sites excluding steroid dienone is 1. The summed E-state index contributed by atoms with van der Waals surface area (Å²) in [7, 11) is 0. The Labute approximate surface area is 183 Å². The maximum Gasteiger partial charge on any atom is 0.419 e. The van der Waals surface area contributed by atoms with E-state index in [2.05, 4.69) is 42.5 Å². The highest BCUT2D eigenvalue weighted by Crippen LogP contribution is 2.34. The lowest BCUT2D eigenvalue weighted by Gasteiger charge is -2.19. The Morgan fingerprint density at radius 1 is 0.871 bits per heavy atom. The number of carbonyl (C=O) groups excluding carboxylic acids is 1. The Hall–Kier alpha value is -3.59. The monoisotopic (exact) mass is 409 g/mol. The van der Waals surface area contributed by atoms with Gasteiger partial charge in [0.05, 0.1) is 5.52 Å². The number of fused-ring (bicyclic) bond motifs is 1. The predicted molar refractivity (Wildman–Crippen MR) is 127 cm³/mol. The van der Waals surface area contributed by atoms with Crippen molar-refractivity contribution in [3.8, 4) is 0 Å². The second-order valence-corrected chi connectivity index (χ2v) is 8.61. The number of nitrogens with zero attached hydrogens (tertiary/aromatic N) is 1. The van der Waals surface area contributed by atoms with Gasteiger partial charge < -0.3 is 4.74 Å². The second kappa shape index (κ2) is 8.65. The summed E-state index contributed by atoms with van der Waals surface area (Å²) in [4.78, 5) is 12.9. The van der Waals surface area contributed by atoms with Crippen LogP contribution in [0.2, 0.25) is 0 Å². The lowest BCUT2D eigenvalue weighted by atomic mass is 9.90. The van der Waals surface area contributed by atoms with Gasteiger partial charge in [-0.3, -0.25) is 4.57 Å². The van der Waals surface area contributed by atoms with Crippen LogP contribution in [-0.4, -0.2) is 16.3 Å². The Morgan fingerprint density at radius 2 is 1.48 bits per heavy atom. The van der Waals surface area contributed by atoms with Crippen LogP contribution in [0.25, 0.3) is 17.0 Å². The molecule has 4 rings (SSSR count). The van der Waals surface area contributed by atoms with Gasteiger partial charge in [-0.2, -0.15) is 0 Å². The van der Waals surface area contributed by atoms with Gasteiger partial charge in [-0.15, -0.1) is 0 Å². The van der Waals surface area contributed by atoms with E-state index in [1.807, 2.05) is 81.6 Å². The molecule has 31 heavy (non-hydrogen) atoms. The fraction of sp³-hybridized carbons (Fsp3) is 0.179. The van der Waals surface area contributed by atoms with Crippen molar-refractivity contribution in [1.82, 2.24) is 4.57 Å². The number of ether oxygens (including phenoxy) is 1. The predicted octanol–water partition coefficient (Wildman–Crippen LogP) is 7.27. The first-order valence-electron chi connectivity index (χ1n) is 10.5. The number of hydrogen-bond acceptors (Lipinski definition) is 2. The van der Waals surface area contributed by atoms with E-state index >= 15 is 0 Å². The van der Waals surface area contributed by atoms with E-state index < -0.39 is 5.60 Å². The van der Waals surface area contributed by atoms with E-state index in [4.69, 9.17) is 4.74 Å². The van der Waals surface area contributed by atoms with Gasteiger partial charge in [0.15, 0.2) is 0 Å². The van der Waals surface area contributed by atoms with E-state index in [0.29, 0.717) is 0 Å². The Kier molecular flexibility index (Phi) is 5.77. The lowest BCUT2D eigenvalue weighted by Crippen LogP contribution is -2.26. The number of benzene rings is 3. The molecule has 0 aliphatic carbocycles. The topological polar surface area (TPSA) is 31.2 Å². The first kappa shape index (κ1) is 20.7. The molecule has 1 atom stereocenters. The van der Waals surface area contributed by atoms with Crippen LogP contribution in [0.4, 0.5) is 4.79 Å². The molecule has 3 aromatic carbocycles. The van der Waals surface area contributed by atoms with Gasteiger partial charge in [-0.25, -0.2) is 4.79 Å². The average molecular weight is 410 g/mol. The Morgan fingerprint density at radius 3 is 2.16 bits per heavy atom. The smallest absolute Gasteiger partial charge is 0.419 e. The average Bonchev–Trinajstić information content (AvgIpc) is 3.14. The van der Waals surface area contributed by atoms with Crippen LogP contribution in [-0.2, 0) is 4.74 Å². The van der Waals surface area contributed by atoms with Gasteiger partial charge in [0.1, 0.15) is 5.60 Å². The molecular formula is C28H27NO2. The van der Waals surface area contributed by atoms with Crippen LogP contribution in [0.15, 0.2) is 97.2 Å². The second-order valence-electron chi connectivity index (χ2n) is 8.61. The van der Waals surface area contributed by atoms with Crippen molar-refractivity contribution in [2.75, 3.05) is 0 Å². The molecule has 0 saturated heterocycles. The standard InChI is InChI=1S/C28H27NO2/c1-28(2,3)31-27(30)29-20-25(24-16-10-11-17-26(24)29)23(22-14-8-5-9-15-22)19-18-21-12-6-4-7-13-21/h4-20,23H,1-3H3/b19-18+. The van der Waals surface area contributed by atoms with Gasteiger partial charge in [0.2, 0.25) is 0 Å². The molecule has 1 aromatic heterocycles. The molecule has 4 aromatic rings. The zero-order chi connectivity index (χ0) is 21.8. The number of para-hydroxylation sites is 1. The highest BCUT2D eigenvalue weighted by atomic mass is 16.6. The molecule has 0 radical (unpaired) electrons. The first-order valence-corrected chi connectivity index (χ1v) is 10.5. The summed E-state index contributed by atoms with van der Waals surface area (Å²) in [6.07, 6.45) is 5.89. The van der Waals surface area contributed by atoms with Gasteiger partial charge in [0.25, 0.3) is 0 Å². The van der Waals surface area contributed by atoms with E-state index in [-0.39, 0.29) is 12.0 Å². The summed E-state index contributed by atoms with van der Waals surface area (Å²) < 4.78 is 7.29. The van der Waals surface area contributed by atoms with Gasteiger partial charge in [0, 0.05) is 17.5 Å². The van der Waals surface area contributed by atoms with E-state index in [1.165, 1.54) is 5.56 Å². The fourth-order valence-corrected chi connectivity index (χ4v) is 3.74. The molecule has 3 heteroatoms. The van der Waals surface area contributed by atoms with Crippen LogP contribution in [0, 0.1) is 0 Å². The van der Waals surface area contributed by atoms with Crippen molar-refractivity contribution in [3.05, 3.63) is 114 Å². The molecule has 3 nitrogen and oxygen atoms in total. The third-order valence-corrected chi connectivity index (χ3v) is 5.11. The zero-order valence-electron chi connectivity index (χ0n) is 18.2. The highest BCUT2D eigenvalue weighted by molar-refractivity contribution is 5.93. The maximum absolute atomic E-state index is 12.9. The van der Waals surface area contributed by atoms with Crippen LogP contribution < -0.4 is 0 Å². The maximum atomic E-state index is 12.9. The van der Waals surface area contributed by atoms with Crippen molar-refractivity contribution >= 4 is 23.1 Å². The molecular weight excluding hydrogens is 382 g/mol. The molecule has 0 fully saturated rings. The molecule has 1 heterocycles. The van der Waals surface area contributed by atoms with Crippen LogP contribution in [0.5, 0.6) is 0 Å². The molecule has 0 N–H and O–H groups in total. The minimum absolute atomic E-state index is 0.00464. The van der Waals surface area contributed by atoms with Gasteiger partial charge >= 0.3 is 6.09 Å². The van der Waals surface area contributed by atoms with Crippen LogP contribution in [0.3, 0.4) is 0 Å². The molecule has 0 bridgehead atoms. The molecule has 1 unspecified atom stereocenters. The minimum atomic E-state index is -0.561. The summed E-state index contributed by atoms with van der Waals surface area (Å²) in [5.41, 5.74) is 3.66. The van der Waals surface area contributed by atoms with Crippen molar-refractivity contribution in [2.24, 2.45) is 0 Å². The lowest BCUT2D eigenvalue weighted by molar-refractivity contribution is 0.0544. The van der Waals surface area contributed by atoms with Crippen molar-refractivity contribution in [2.45, 2.75) is 32.3 Å². The number of rotatable bonds is 4. The zero-order valence-corrected chi connectivity index (χ0v) is 18.2. The van der Waals surface area contributed by atoms with E-state index in [0.717, 1.165) is 22.0 Å². The quantitative estimate of drug-likeness (QED) is 0.355. The summed E-state index contributed by atoms with van der Waals surface area (Å²) >= 11 is 0. The fourth-order valence-electron chi connectivity index (χ4n) is 3.74. The minimum Gasteiger partial charge on any atom is -0.443 e. The molecule has 0 saturated carbocycles. The molecule has 0 spiro atoms. The normalized spacial score (nSPS) is 12.9. The van der Waals surface area contributed by atoms with E-state index in [1.54, 1.807) is 4.57 Å². The number of hydrogen-bond donors (Lipinski definition) is 0. The molecule has 156 valence electrons.